The summed E-state index contributed by atoms with van der Waals surface area (Å²) >= 11 is 4.69. The third kappa shape index (κ3) is 6.72. The highest BCUT2D eigenvalue weighted by molar-refractivity contribution is 9.10. The summed E-state index contributed by atoms with van der Waals surface area (Å²) in [6, 6.07) is 6.33. The van der Waals surface area contributed by atoms with Crippen LogP contribution in [0.25, 0.3) is 0 Å². The van der Waals surface area contributed by atoms with Crippen LogP contribution in [0.2, 0.25) is 0 Å². The Morgan fingerprint density at radius 3 is 2.73 bits per heavy atom. The Morgan fingerprint density at radius 2 is 2.04 bits per heavy atom. The fourth-order valence-electron chi connectivity index (χ4n) is 2.13. The number of ether oxygens (including phenoxy) is 1. The summed E-state index contributed by atoms with van der Waals surface area (Å²) in [6.45, 7) is -2.49. The van der Waals surface area contributed by atoms with Gasteiger partial charge in [0.05, 0.1) is 0 Å². The molecule has 0 radical (unpaired) electrons. The van der Waals surface area contributed by atoms with Crippen LogP contribution in [-0.4, -0.2) is 25.0 Å². The Hall–Kier alpha value is -2.00. The van der Waals surface area contributed by atoms with E-state index in [0.29, 0.717) is 28.6 Å². The molecule has 2 amide bonds. The van der Waals surface area contributed by atoms with E-state index in [1.165, 1.54) is 17.4 Å². The van der Waals surface area contributed by atoms with Crippen molar-refractivity contribution < 1.29 is 23.1 Å². The number of hydrogen-bond acceptors (Lipinski definition) is 4. The van der Waals surface area contributed by atoms with E-state index in [0.717, 1.165) is 0 Å². The normalized spacial score (nSPS) is 10.6. The molecule has 0 atom stereocenters. The second kappa shape index (κ2) is 10.2. The van der Waals surface area contributed by atoms with Crippen molar-refractivity contribution in [1.82, 2.24) is 10.6 Å². The minimum atomic E-state index is -2.93. The fraction of sp³-hybridized carbons (Fsp3) is 0.294. The summed E-state index contributed by atoms with van der Waals surface area (Å²) in [4.78, 5) is 23.6. The van der Waals surface area contributed by atoms with Crippen LogP contribution in [0.4, 0.5) is 8.78 Å². The minimum Gasteiger partial charge on any atom is -0.434 e. The standard InChI is InChI=1S/C17H17BrF2N2O3S/c18-13-3-4-14(25-17(19)20)12(8-13)9-22-15(23)2-1-6-21-16(24)11-5-7-26-10-11/h3-5,7-8,10,17H,1-2,6,9H2,(H,21,24)(H,22,23). The van der Waals surface area contributed by atoms with Crippen LogP contribution in [-0.2, 0) is 11.3 Å². The molecule has 140 valence electrons. The van der Waals surface area contributed by atoms with Gasteiger partial charge in [-0.1, -0.05) is 15.9 Å². The zero-order valence-corrected chi connectivity index (χ0v) is 16.0. The summed E-state index contributed by atoms with van der Waals surface area (Å²) in [5.41, 5.74) is 1.04. The Bertz CT molecular complexity index is 742. The molecular formula is C17H17BrF2N2O3S. The second-order valence-corrected chi connectivity index (χ2v) is 6.97. The fourth-order valence-corrected chi connectivity index (χ4v) is 3.17. The third-order valence-corrected chi connectivity index (χ3v) is 4.54. The van der Waals surface area contributed by atoms with Crippen molar-refractivity contribution in [2.45, 2.75) is 26.0 Å². The smallest absolute Gasteiger partial charge is 0.387 e. The molecular weight excluding hydrogens is 430 g/mol. The third-order valence-electron chi connectivity index (χ3n) is 3.36. The predicted octanol–water partition coefficient (Wildman–Crippen LogP) is 3.94. The van der Waals surface area contributed by atoms with Gasteiger partial charge in [-0.05, 0) is 36.1 Å². The van der Waals surface area contributed by atoms with Gasteiger partial charge in [0.25, 0.3) is 5.91 Å². The molecule has 0 unspecified atom stereocenters. The average Bonchev–Trinajstić information content (AvgIpc) is 3.13. The van der Waals surface area contributed by atoms with Crippen molar-refractivity contribution in [2.75, 3.05) is 6.54 Å². The zero-order valence-electron chi connectivity index (χ0n) is 13.6. The molecule has 2 rings (SSSR count). The molecule has 0 spiro atoms. The van der Waals surface area contributed by atoms with Gasteiger partial charge < -0.3 is 15.4 Å². The molecule has 9 heteroatoms. The maximum atomic E-state index is 12.4. The maximum absolute atomic E-state index is 12.4. The van der Waals surface area contributed by atoms with Gasteiger partial charge in [0.15, 0.2) is 0 Å². The number of benzene rings is 1. The van der Waals surface area contributed by atoms with E-state index in [9.17, 15) is 18.4 Å². The molecule has 0 aliphatic carbocycles. The summed E-state index contributed by atoms with van der Waals surface area (Å²) in [5.74, 6) is -0.390. The highest BCUT2D eigenvalue weighted by Gasteiger charge is 2.11. The van der Waals surface area contributed by atoms with Crippen LogP contribution in [0, 0.1) is 0 Å². The Kier molecular flexibility index (Phi) is 7.99. The Morgan fingerprint density at radius 1 is 1.23 bits per heavy atom. The molecule has 0 aliphatic heterocycles. The highest BCUT2D eigenvalue weighted by atomic mass is 79.9. The van der Waals surface area contributed by atoms with Gasteiger partial charge in [0, 0.05) is 40.5 Å². The molecule has 0 saturated carbocycles. The molecule has 1 heterocycles. The van der Waals surface area contributed by atoms with Crippen LogP contribution < -0.4 is 15.4 Å². The first-order valence-corrected chi connectivity index (χ1v) is 9.49. The van der Waals surface area contributed by atoms with Gasteiger partial charge >= 0.3 is 6.61 Å². The van der Waals surface area contributed by atoms with Gasteiger partial charge in [-0.15, -0.1) is 0 Å². The van der Waals surface area contributed by atoms with Crippen molar-refractivity contribution in [2.24, 2.45) is 0 Å². The van der Waals surface area contributed by atoms with Crippen LogP contribution in [0.15, 0.2) is 39.5 Å². The van der Waals surface area contributed by atoms with Crippen LogP contribution in [0.3, 0.4) is 0 Å². The van der Waals surface area contributed by atoms with E-state index in [2.05, 4.69) is 31.3 Å². The van der Waals surface area contributed by atoms with Gasteiger partial charge in [0.1, 0.15) is 5.75 Å². The van der Waals surface area contributed by atoms with Crippen molar-refractivity contribution in [3.05, 3.63) is 50.6 Å². The van der Waals surface area contributed by atoms with Crippen molar-refractivity contribution in [3.63, 3.8) is 0 Å². The monoisotopic (exact) mass is 446 g/mol. The molecule has 26 heavy (non-hydrogen) atoms. The number of alkyl halides is 2. The Balaban J connectivity index is 1.73. The number of hydrogen-bond donors (Lipinski definition) is 2. The van der Waals surface area contributed by atoms with Crippen LogP contribution in [0.5, 0.6) is 5.75 Å². The number of halogens is 3. The Labute approximate surface area is 161 Å². The van der Waals surface area contributed by atoms with E-state index >= 15 is 0 Å². The quantitative estimate of drug-likeness (QED) is 0.573. The van der Waals surface area contributed by atoms with E-state index in [1.807, 2.05) is 5.38 Å². The van der Waals surface area contributed by atoms with Gasteiger partial charge in [-0.2, -0.15) is 20.1 Å². The van der Waals surface area contributed by atoms with Crippen LogP contribution >= 0.6 is 27.3 Å². The summed E-state index contributed by atoms with van der Waals surface area (Å²) < 4.78 is 30.0. The first kappa shape index (κ1) is 20.3. The summed E-state index contributed by atoms with van der Waals surface area (Å²) in [6.07, 6.45) is 0.684. The molecule has 2 N–H and O–H groups in total. The van der Waals surface area contributed by atoms with Crippen LogP contribution in [0.1, 0.15) is 28.8 Å². The first-order chi connectivity index (χ1) is 12.5. The number of amides is 2. The second-order valence-electron chi connectivity index (χ2n) is 5.28. The lowest BCUT2D eigenvalue weighted by Crippen LogP contribution is -2.27. The lowest BCUT2D eigenvalue weighted by Gasteiger charge is -2.12. The SMILES string of the molecule is O=C(CCCNC(=O)c1ccsc1)NCc1cc(Br)ccc1OC(F)F. The van der Waals surface area contributed by atoms with E-state index in [-0.39, 0.29) is 30.5 Å². The molecule has 0 fully saturated rings. The molecule has 2 aromatic rings. The van der Waals surface area contributed by atoms with E-state index in [1.54, 1.807) is 23.6 Å². The number of carbonyl (C=O) groups excluding carboxylic acids is 2. The molecule has 1 aromatic heterocycles. The van der Waals surface area contributed by atoms with Gasteiger partial charge in [-0.3, -0.25) is 9.59 Å². The lowest BCUT2D eigenvalue weighted by molar-refractivity contribution is -0.121. The van der Waals surface area contributed by atoms with E-state index in [4.69, 9.17) is 0 Å². The average molecular weight is 447 g/mol. The maximum Gasteiger partial charge on any atom is 0.387 e. The van der Waals surface area contributed by atoms with Gasteiger partial charge in [-0.25, -0.2) is 0 Å². The molecule has 5 nitrogen and oxygen atoms in total. The number of thiophene rings is 1. The van der Waals surface area contributed by atoms with Gasteiger partial charge in [0.2, 0.25) is 5.91 Å². The molecule has 0 bridgehead atoms. The number of nitrogens with one attached hydrogen (secondary N) is 2. The summed E-state index contributed by atoms with van der Waals surface area (Å²) in [5, 5.41) is 8.96. The molecule has 0 aliphatic rings. The van der Waals surface area contributed by atoms with Crippen molar-refractivity contribution >= 4 is 39.1 Å². The zero-order chi connectivity index (χ0) is 18.9. The topological polar surface area (TPSA) is 67.4 Å². The number of carbonyl (C=O) groups is 2. The molecule has 1 aromatic carbocycles. The highest BCUT2D eigenvalue weighted by Crippen LogP contribution is 2.24. The predicted molar refractivity (Wildman–Crippen MR) is 98.5 cm³/mol. The van der Waals surface area contributed by atoms with E-state index < -0.39 is 6.61 Å². The van der Waals surface area contributed by atoms with Crippen molar-refractivity contribution in [3.8, 4) is 5.75 Å². The minimum absolute atomic E-state index is 0.0199. The summed E-state index contributed by atoms with van der Waals surface area (Å²) in [7, 11) is 0. The first-order valence-electron chi connectivity index (χ1n) is 7.76. The number of rotatable bonds is 9. The lowest BCUT2D eigenvalue weighted by atomic mass is 10.2. The largest absolute Gasteiger partial charge is 0.434 e. The van der Waals surface area contributed by atoms with Crippen molar-refractivity contribution in [1.29, 1.82) is 0 Å². The molecule has 0 saturated heterocycles.